The number of rotatable bonds is 4. The summed E-state index contributed by atoms with van der Waals surface area (Å²) in [5.41, 5.74) is 11.4. The fraction of sp³-hybridized carbons (Fsp3) is 0.0714. The number of benzene rings is 2. The first-order chi connectivity index (χ1) is 9.11. The van der Waals surface area contributed by atoms with Crippen LogP contribution >= 0.6 is 0 Å². The second kappa shape index (κ2) is 5.30. The van der Waals surface area contributed by atoms with Crippen molar-refractivity contribution in [3.63, 3.8) is 0 Å². The fourth-order valence-corrected chi connectivity index (χ4v) is 1.64. The third kappa shape index (κ3) is 2.77. The molecule has 0 bridgehead atoms. The molecule has 0 fully saturated rings. The first-order valence-electron chi connectivity index (χ1n) is 5.62. The zero-order chi connectivity index (χ0) is 13.8. The predicted molar refractivity (Wildman–Crippen MR) is 72.4 cm³/mol. The number of anilines is 1. The summed E-state index contributed by atoms with van der Waals surface area (Å²) >= 11 is 0. The maximum absolute atomic E-state index is 11.2. The Hall–Kier alpha value is -2.69. The van der Waals surface area contributed by atoms with Crippen LogP contribution in [0.4, 0.5) is 5.69 Å². The van der Waals surface area contributed by atoms with Crippen molar-refractivity contribution >= 4 is 11.6 Å². The van der Waals surface area contributed by atoms with E-state index in [1.54, 1.807) is 12.1 Å². The van der Waals surface area contributed by atoms with Gasteiger partial charge in [-0.2, -0.15) is 0 Å². The number of hydrogen-bond acceptors (Lipinski definition) is 4. The molecule has 0 heterocycles. The average Bonchev–Trinajstić information content (AvgIpc) is 2.39. The Bertz CT molecular complexity index is 597. The largest absolute Gasteiger partial charge is 0.493 e. The highest BCUT2D eigenvalue weighted by atomic mass is 16.5. The number of para-hydroxylation sites is 1. The molecule has 0 aliphatic rings. The summed E-state index contributed by atoms with van der Waals surface area (Å²) in [5.74, 6) is 0.858. The number of carbonyl (C=O) groups excluding carboxylic acids is 1. The highest BCUT2D eigenvalue weighted by Gasteiger charge is 2.13. The van der Waals surface area contributed by atoms with Crippen LogP contribution in [0.1, 0.15) is 10.4 Å². The van der Waals surface area contributed by atoms with E-state index in [2.05, 4.69) is 0 Å². The molecule has 0 radical (unpaired) electrons. The van der Waals surface area contributed by atoms with E-state index in [0.717, 1.165) is 0 Å². The molecular weight excluding hydrogens is 244 g/mol. The maximum Gasteiger partial charge on any atom is 0.250 e. The van der Waals surface area contributed by atoms with Gasteiger partial charge in [-0.05, 0) is 18.2 Å². The Morgan fingerprint density at radius 1 is 1.11 bits per heavy atom. The van der Waals surface area contributed by atoms with Gasteiger partial charge in [0.15, 0.2) is 11.5 Å². The average molecular weight is 258 g/mol. The van der Waals surface area contributed by atoms with Gasteiger partial charge in [0.2, 0.25) is 0 Å². The minimum absolute atomic E-state index is 0.206. The summed E-state index contributed by atoms with van der Waals surface area (Å²) in [7, 11) is 1.48. The Kier molecular flexibility index (Phi) is 3.56. The Morgan fingerprint density at radius 3 is 2.37 bits per heavy atom. The number of nitrogen functional groups attached to an aromatic ring is 1. The molecule has 0 spiro atoms. The van der Waals surface area contributed by atoms with Gasteiger partial charge in [-0.15, -0.1) is 0 Å². The van der Waals surface area contributed by atoms with Gasteiger partial charge in [0.05, 0.1) is 12.7 Å². The summed E-state index contributed by atoms with van der Waals surface area (Å²) < 4.78 is 10.8. The fourth-order valence-electron chi connectivity index (χ4n) is 1.64. The zero-order valence-electron chi connectivity index (χ0n) is 10.4. The van der Waals surface area contributed by atoms with Crippen molar-refractivity contribution in [2.75, 3.05) is 12.8 Å². The number of primary amides is 1. The molecule has 98 valence electrons. The first kappa shape index (κ1) is 12.8. The smallest absolute Gasteiger partial charge is 0.250 e. The lowest BCUT2D eigenvalue weighted by molar-refractivity contribution is 0.100. The Balaban J connectivity index is 2.40. The van der Waals surface area contributed by atoms with Crippen LogP contribution in [0.3, 0.4) is 0 Å². The van der Waals surface area contributed by atoms with Crippen LogP contribution in [0.2, 0.25) is 0 Å². The molecule has 0 aromatic heterocycles. The van der Waals surface area contributed by atoms with Crippen molar-refractivity contribution in [3.05, 3.63) is 48.0 Å². The third-order valence-electron chi connectivity index (χ3n) is 2.57. The molecule has 0 saturated carbocycles. The topological polar surface area (TPSA) is 87.6 Å². The minimum Gasteiger partial charge on any atom is -0.493 e. The highest BCUT2D eigenvalue weighted by Crippen LogP contribution is 2.35. The standard InChI is InChI=1S/C14H14N2O3/c1-18-12-7-10(14(16)17)11(15)8-13(12)19-9-5-3-2-4-6-9/h2-8H,15H2,1H3,(H2,16,17). The molecule has 2 aromatic rings. The lowest BCUT2D eigenvalue weighted by atomic mass is 10.1. The van der Waals surface area contributed by atoms with E-state index < -0.39 is 5.91 Å². The van der Waals surface area contributed by atoms with Gasteiger partial charge in [-0.25, -0.2) is 0 Å². The van der Waals surface area contributed by atoms with Crippen molar-refractivity contribution in [1.82, 2.24) is 0 Å². The van der Waals surface area contributed by atoms with Crippen molar-refractivity contribution in [3.8, 4) is 17.2 Å². The molecule has 2 rings (SSSR count). The number of ether oxygens (including phenoxy) is 2. The summed E-state index contributed by atoms with van der Waals surface area (Å²) in [4.78, 5) is 11.2. The molecule has 4 N–H and O–H groups in total. The SMILES string of the molecule is COc1cc(C(N)=O)c(N)cc1Oc1ccccc1. The van der Waals surface area contributed by atoms with E-state index in [4.69, 9.17) is 20.9 Å². The summed E-state index contributed by atoms with van der Waals surface area (Å²) in [5, 5.41) is 0. The molecule has 0 atom stereocenters. The Labute approximate surface area is 110 Å². The van der Waals surface area contributed by atoms with E-state index in [9.17, 15) is 4.79 Å². The summed E-state index contributed by atoms with van der Waals surface area (Å²) in [6.45, 7) is 0. The molecule has 0 aliphatic carbocycles. The quantitative estimate of drug-likeness (QED) is 0.823. The van der Waals surface area contributed by atoms with E-state index in [-0.39, 0.29) is 11.3 Å². The van der Waals surface area contributed by atoms with Crippen LogP contribution in [0.15, 0.2) is 42.5 Å². The van der Waals surface area contributed by atoms with Gasteiger partial charge < -0.3 is 20.9 Å². The van der Waals surface area contributed by atoms with Gasteiger partial charge in [-0.1, -0.05) is 18.2 Å². The predicted octanol–water partition coefficient (Wildman–Crippen LogP) is 2.17. The van der Waals surface area contributed by atoms with Crippen molar-refractivity contribution in [2.45, 2.75) is 0 Å². The van der Waals surface area contributed by atoms with Gasteiger partial charge in [0, 0.05) is 11.8 Å². The zero-order valence-corrected chi connectivity index (χ0v) is 10.4. The van der Waals surface area contributed by atoms with E-state index >= 15 is 0 Å². The van der Waals surface area contributed by atoms with Gasteiger partial charge >= 0.3 is 0 Å². The highest BCUT2D eigenvalue weighted by molar-refractivity contribution is 5.98. The van der Waals surface area contributed by atoms with Crippen LogP contribution in [0, 0.1) is 0 Å². The minimum atomic E-state index is -0.609. The molecule has 0 unspecified atom stereocenters. The Morgan fingerprint density at radius 2 is 1.79 bits per heavy atom. The van der Waals surface area contributed by atoms with Crippen LogP contribution in [-0.4, -0.2) is 13.0 Å². The monoisotopic (exact) mass is 258 g/mol. The molecule has 0 aliphatic heterocycles. The molecule has 5 heteroatoms. The molecule has 2 aromatic carbocycles. The first-order valence-corrected chi connectivity index (χ1v) is 5.62. The van der Waals surface area contributed by atoms with Crippen molar-refractivity contribution in [2.24, 2.45) is 5.73 Å². The normalized spacial score (nSPS) is 9.95. The molecular formula is C14H14N2O3. The van der Waals surface area contributed by atoms with Crippen molar-refractivity contribution in [1.29, 1.82) is 0 Å². The van der Waals surface area contributed by atoms with Gasteiger partial charge in [0.1, 0.15) is 5.75 Å². The number of hydrogen-bond donors (Lipinski definition) is 2. The molecule has 5 nitrogen and oxygen atoms in total. The van der Waals surface area contributed by atoms with Crippen LogP contribution in [0.5, 0.6) is 17.2 Å². The lowest BCUT2D eigenvalue weighted by Crippen LogP contribution is -2.13. The van der Waals surface area contributed by atoms with Crippen LogP contribution in [0.25, 0.3) is 0 Å². The number of nitrogens with two attached hydrogens (primary N) is 2. The van der Waals surface area contributed by atoms with Gasteiger partial charge in [0.25, 0.3) is 5.91 Å². The van der Waals surface area contributed by atoms with Crippen LogP contribution in [-0.2, 0) is 0 Å². The van der Waals surface area contributed by atoms with E-state index in [1.807, 2.05) is 18.2 Å². The summed E-state index contributed by atoms with van der Waals surface area (Å²) in [6, 6.07) is 12.2. The van der Waals surface area contributed by atoms with E-state index in [0.29, 0.717) is 17.2 Å². The number of carbonyl (C=O) groups is 1. The van der Waals surface area contributed by atoms with E-state index in [1.165, 1.54) is 19.2 Å². The second-order valence-corrected chi connectivity index (χ2v) is 3.87. The molecule has 0 saturated heterocycles. The summed E-state index contributed by atoms with van der Waals surface area (Å²) in [6.07, 6.45) is 0. The lowest BCUT2D eigenvalue weighted by Gasteiger charge is -2.12. The van der Waals surface area contributed by atoms with Crippen LogP contribution < -0.4 is 20.9 Å². The number of amides is 1. The molecule has 1 amide bonds. The van der Waals surface area contributed by atoms with Gasteiger partial charge in [-0.3, -0.25) is 4.79 Å². The van der Waals surface area contributed by atoms with Crippen molar-refractivity contribution < 1.29 is 14.3 Å². The maximum atomic E-state index is 11.2. The second-order valence-electron chi connectivity index (χ2n) is 3.87. The third-order valence-corrected chi connectivity index (χ3v) is 2.57. The molecule has 19 heavy (non-hydrogen) atoms. The number of methoxy groups -OCH3 is 1.